The second-order valence-electron chi connectivity index (χ2n) is 8.89. The highest BCUT2D eigenvalue weighted by Crippen LogP contribution is 2.28. The highest BCUT2D eigenvalue weighted by atomic mass is 32.1. The maximum absolute atomic E-state index is 13.9. The summed E-state index contributed by atoms with van der Waals surface area (Å²) in [4.78, 5) is 30.2. The van der Waals surface area contributed by atoms with Gasteiger partial charge in [0.25, 0.3) is 0 Å². The molecular weight excluding hydrogens is 490 g/mol. The molecule has 1 saturated heterocycles. The van der Waals surface area contributed by atoms with Crippen molar-refractivity contribution >= 4 is 34.2 Å². The van der Waals surface area contributed by atoms with Crippen LogP contribution in [-0.4, -0.2) is 58.1 Å². The van der Waals surface area contributed by atoms with Crippen LogP contribution in [0.25, 0.3) is 11.0 Å². The van der Waals surface area contributed by atoms with E-state index in [2.05, 4.69) is 15.6 Å². The van der Waals surface area contributed by atoms with Gasteiger partial charge in [0.15, 0.2) is 0 Å². The number of benzene rings is 2. The maximum atomic E-state index is 13.9. The predicted octanol–water partition coefficient (Wildman–Crippen LogP) is 3.57. The molecule has 3 heterocycles. The van der Waals surface area contributed by atoms with E-state index in [9.17, 15) is 9.59 Å². The lowest BCUT2D eigenvalue weighted by molar-refractivity contribution is -0.142. The first-order valence-electron chi connectivity index (χ1n) is 12.3. The van der Waals surface area contributed by atoms with E-state index in [0.29, 0.717) is 30.0 Å². The summed E-state index contributed by atoms with van der Waals surface area (Å²) >= 11 is 1.54. The van der Waals surface area contributed by atoms with E-state index in [1.165, 1.54) is 0 Å². The Bertz CT molecular complexity index is 1330. The summed E-state index contributed by atoms with van der Waals surface area (Å²) in [5.41, 5.74) is 2.16. The molecule has 0 aliphatic carbocycles. The van der Waals surface area contributed by atoms with Crippen molar-refractivity contribution in [2.24, 2.45) is 0 Å². The largest absolute Gasteiger partial charge is 0.497 e. The van der Waals surface area contributed by atoms with E-state index in [1.54, 1.807) is 40.2 Å². The van der Waals surface area contributed by atoms with Gasteiger partial charge in [-0.15, -0.1) is 16.4 Å². The van der Waals surface area contributed by atoms with E-state index >= 15 is 0 Å². The van der Waals surface area contributed by atoms with Crippen LogP contribution in [0.4, 0.5) is 0 Å². The van der Waals surface area contributed by atoms with Gasteiger partial charge < -0.3 is 19.7 Å². The van der Waals surface area contributed by atoms with Gasteiger partial charge in [-0.1, -0.05) is 35.5 Å². The zero-order valence-corrected chi connectivity index (χ0v) is 21.4. The summed E-state index contributed by atoms with van der Waals surface area (Å²) in [5.74, 6) is 0.179. The summed E-state index contributed by atoms with van der Waals surface area (Å²) in [7, 11) is 1.59. The van der Waals surface area contributed by atoms with Crippen LogP contribution in [0.1, 0.15) is 29.3 Å². The summed E-state index contributed by atoms with van der Waals surface area (Å²) in [6.45, 7) is 1.35. The number of fused-ring (bicyclic) bond motifs is 1. The van der Waals surface area contributed by atoms with Crippen LogP contribution in [0.3, 0.4) is 0 Å². The van der Waals surface area contributed by atoms with Gasteiger partial charge >= 0.3 is 0 Å². The Labute approximate surface area is 219 Å². The molecule has 2 amide bonds. The number of methoxy groups -OCH3 is 1. The molecule has 2 unspecified atom stereocenters. The lowest BCUT2D eigenvalue weighted by Gasteiger charge is -2.31. The zero-order valence-electron chi connectivity index (χ0n) is 20.6. The molecule has 1 fully saturated rings. The van der Waals surface area contributed by atoms with Crippen molar-refractivity contribution in [2.45, 2.75) is 38.1 Å². The van der Waals surface area contributed by atoms with Crippen LogP contribution >= 0.6 is 11.3 Å². The Balaban J connectivity index is 1.47. The molecule has 1 aliphatic heterocycles. The number of amides is 2. The number of para-hydroxylation sites is 1. The predicted molar refractivity (Wildman–Crippen MR) is 140 cm³/mol. The van der Waals surface area contributed by atoms with Crippen molar-refractivity contribution in [2.75, 3.05) is 20.3 Å². The fourth-order valence-corrected chi connectivity index (χ4v) is 5.23. The van der Waals surface area contributed by atoms with Crippen molar-refractivity contribution < 1.29 is 19.1 Å². The number of ether oxygens (including phenoxy) is 2. The Morgan fingerprint density at radius 2 is 2.03 bits per heavy atom. The number of rotatable bonds is 10. The Morgan fingerprint density at radius 1 is 1.19 bits per heavy atom. The fourth-order valence-electron chi connectivity index (χ4n) is 4.52. The lowest BCUT2D eigenvalue weighted by atomic mass is 10.0. The number of carbonyl (C=O) groups excluding carboxylic acids is 2. The molecule has 2 aromatic carbocycles. The van der Waals surface area contributed by atoms with Gasteiger partial charge in [-0.05, 0) is 54.1 Å². The molecule has 4 aromatic rings. The standard InChI is InChI=1S/C27H29N5O4S/c1-35-20-12-10-19(11-13-20)26(27(34)28-16-21-6-4-14-36-21)31(17-22-7-5-15-37-22)25(33)18-32-24-9-3-2-8-23(24)29-30-32/h2-3,5,7-13,15,21,26H,4,6,14,16-18H2,1H3,(H,28,34). The number of hydrogen-bond donors (Lipinski definition) is 1. The normalized spacial score (nSPS) is 16.0. The molecule has 0 bridgehead atoms. The van der Waals surface area contributed by atoms with Crippen molar-refractivity contribution in [1.82, 2.24) is 25.2 Å². The summed E-state index contributed by atoms with van der Waals surface area (Å²) in [5, 5.41) is 13.4. The first-order valence-corrected chi connectivity index (χ1v) is 13.1. The van der Waals surface area contributed by atoms with Gasteiger partial charge in [-0.3, -0.25) is 9.59 Å². The molecule has 0 radical (unpaired) electrons. The molecule has 1 aliphatic rings. The van der Waals surface area contributed by atoms with Crippen molar-refractivity contribution in [3.63, 3.8) is 0 Å². The van der Waals surface area contributed by atoms with Gasteiger partial charge in [-0.25, -0.2) is 4.68 Å². The minimum Gasteiger partial charge on any atom is -0.497 e. The van der Waals surface area contributed by atoms with Gasteiger partial charge in [0, 0.05) is 18.0 Å². The van der Waals surface area contributed by atoms with Crippen LogP contribution in [0, 0.1) is 0 Å². The quantitative estimate of drug-likeness (QED) is 0.344. The molecule has 5 rings (SSSR count). The number of aromatic nitrogens is 3. The van der Waals surface area contributed by atoms with E-state index in [4.69, 9.17) is 9.47 Å². The van der Waals surface area contributed by atoms with E-state index < -0.39 is 6.04 Å². The summed E-state index contributed by atoms with van der Waals surface area (Å²) in [6.07, 6.45) is 1.88. The topological polar surface area (TPSA) is 98.6 Å². The second-order valence-corrected chi connectivity index (χ2v) is 9.92. The average molecular weight is 520 g/mol. The molecule has 2 atom stereocenters. The molecule has 192 valence electrons. The fraction of sp³-hybridized carbons (Fsp3) is 0.333. The maximum Gasteiger partial charge on any atom is 0.247 e. The minimum atomic E-state index is -0.850. The molecule has 9 nitrogen and oxygen atoms in total. The van der Waals surface area contributed by atoms with Crippen molar-refractivity contribution in [1.29, 1.82) is 0 Å². The monoisotopic (exact) mass is 519 g/mol. The van der Waals surface area contributed by atoms with Gasteiger partial charge in [0.05, 0.1) is 25.3 Å². The highest BCUT2D eigenvalue weighted by molar-refractivity contribution is 7.09. The Kier molecular flexibility index (Phi) is 7.76. The molecule has 10 heteroatoms. The number of thiophene rings is 1. The molecule has 2 aromatic heterocycles. The molecular formula is C27H29N5O4S. The molecule has 0 spiro atoms. The third kappa shape index (κ3) is 5.81. The van der Waals surface area contributed by atoms with Crippen LogP contribution in [0.5, 0.6) is 5.75 Å². The first kappa shape index (κ1) is 24.9. The molecule has 0 saturated carbocycles. The SMILES string of the molecule is COc1ccc(C(C(=O)NCC2CCCO2)N(Cc2cccs2)C(=O)Cn2nnc3ccccc32)cc1. The average Bonchev–Trinajstić information content (AvgIpc) is 3.71. The number of hydrogen-bond acceptors (Lipinski definition) is 7. The van der Waals surface area contributed by atoms with Gasteiger partial charge in [0.1, 0.15) is 23.9 Å². The van der Waals surface area contributed by atoms with E-state index in [-0.39, 0.29) is 31.0 Å². The molecule has 1 N–H and O–H groups in total. The third-order valence-electron chi connectivity index (χ3n) is 6.45. The smallest absolute Gasteiger partial charge is 0.247 e. The number of nitrogens with one attached hydrogen (secondary N) is 1. The molecule has 37 heavy (non-hydrogen) atoms. The van der Waals surface area contributed by atoms with Crippen molar-refractivity contribution in [3.8, 4) is 5.75 Å². The van der Waals surface area contributed by atoms with Crippen LogP contribution in [0.2, 0.25) is 0 Å². The minimum absolute atomic E-state index is 0.0107. The first-order chi connectivity index (χ1) is 18.1. The van der Waals surface area contributed by atoms with Gasteiger partial charge in [0.2, 0.25) is 11.8 Å². The van der Waals surface area contributed by atoms with E-state index in [1.807, 2.05) is 53.9 Å². The van der Waals surface area contributed by atoms with Gasteiger partial charge in [-0.2, -0.15) is 0 Å². The lowest BCUT2D eigenvalue weighted by Crippen LogP contribution is -2.46. The van der Waals surface area contributed by atoms with Crippen molar-refractivity contribution in [3.05, 3.63) is 76.5 Å². The summed E-state index contributed by atoms with van der Waals surface area (Å²) < 4.78 is 12.6. The third-order valence-corrected chi connectivity index (χ3v) is 7.31. The second kappa shape index (κ2) is 11.5. The number of nitrogens with zero attached hydrogens (tertiary/aromatic N) is 4. The number of carbonyl (C=O) groups is 2. The summed E-state index contributed by atoms with van der Waals surface area (Å²) in [6, 6.07) is 17.8. The highest BCUT2D eigenvalue weighted by Gasteiger charge is 2.33. The zero-order chi connectivity index (χ0) is 25.6. The van der Waals surface area contributed by atoms with Crippen LogP contribution in [-0.2, 0) is 27.4 Å². The van der Waals surface area contributed by atoms with Crippen LogP contribution < -0.4 is 10.1 Å². The Morgan fingerprint density at radius 3 is 2.76 bits per heavy atom. The van der Waals surface area contributed by atoms with Crippen LogP contribution in [0.15, 0.2) is 66.0 Å². The Hall–Kier alpha value is -3.76. The van der Waals surface area contributed by atoms with E-state index in [0.717, 1.165) is 23.2 Å².